The van der Waals surface area contributed by atoms with Crippen LogP contribution >= 0.6 is 11.6 Å². The Balaban J connectivity index is 1.56. The maximum Gasteiger partial charge on any atom is 0.243 e. The van der Waals surface area contributed by atoms with Crippen molar-refractivity contribution in [1.82, 2.24) is 9.21 Å². The Morgan fingerprint density at radius 1 is 0.867 bits per heavy atom. The number of rotatable bonds is 6. The molecule has 30 heavy (non-hydrogen) atoms. The SMILES string of the molecule is Cc1ccc(S(=O)(=O)N2CCN(C(=O)CCS(=O)(=O)c3ccc(Cl)cc3)CC2)cc1. The number of amides is 1. The van der Waals surface area contributed by atoms with Crippen molar-refractivity contribution in [3.8, 4) is 0 Å². The van der Waals surface area contributed by atoms with E-state index < -0.39 is 19.9 Å². The summed E-state index contributed by atoms with van der Waals surface area (Å²) in [6, 6.07) is 12.4. The number of hydrogen-bond donors (Lipinski definition) is 0. The van der Waals surface area contributed by atoms with E-state index >= 15 is 0 Å². The number of sulfone groups is 1. The quantitative estimate of drug-likeness (QED) is 0.646. The lowest BCUT2D eigenvalue weighted by Gasteiger charge is -2.34. The normalized spacial score (nSPS) is 15.9. The van der Waals surface area contributed by atoms with E-state index in [4.69, 9.17) is 11.6 Å². The molecule has 2 aromatic rings. The van der Waals surface area contributed by atoms with Gasteiger partial charge in [-0.05, 0) is 43.3 Å². The first-order valence-electron chi connectivity index (χ1n) is 9.42. The van der Waals surface area contributed by atoms with Gasteiger partial charge in [-0.25, -0.2) is 16.8 Å². The standard InChI is InChI=1S/C20H23ClN2O5S2/c1-16-2-6-19(7-3-16)30(27,28)23-13-11-22(12-14-23)20(24)10-15-29(25,26)18-8-4-17(21)5-9-18/h2-9H,10-15H2,1H3. The summed E-state index contributed by atoms with van der Waals surface area (Å²) in [7, 11) is -7.21. The second kappa shape index (κ2) is 9.05. The monoisotopic (exact) mass is 470 g/mol. The Labute approximate surface area is 182 Å². The van der Waals surface area contributed by atoms with Gasteiger partial charge in [-0.1, -0.05) is 29.3 Å². The Kier molecular flexibility index (Phi) is 6.86. The van der Waals surface area contributed by atoms with Crippen molar-refractivity contribution in [3.63, 3.8) is 0 Å². The van der Waals surface area contributed by atoms with Crippen LogP contribution in [0.15, 0.2) is 58.3 Å². The van der Waals surface area contributed by atoms with Crippen LogP contribution in [0.3, 0.4) is 0 Å². The number of nitrogens with zero attached hydrogens (tertiary/aromatic N) is 2. The largest absolute Gasteiger partial charge is 0.340 e. The van der Waals surface area contributed by atoms with Gasteiger partial charge >= 0.3 is 0 Å². The molecule has 10 heteroatoms. The van der Waals surface area contributed by atoms with Gasteiger partial charge in [-0.2, -0.15) is 4.31 Å². The second-order valence-electron chi connectivity index (χ2n) is 7.12. The second-order valence-corrected chi connectivity index (χ2v) is 11.6. The molecule has 1 aliphatic heterocycles. The number of benzene rings is 2. The van der Waals surface area contributed by atoms with Crippen LogP contribution in [0, 0.1) is 6.92 Å². The van der Waals surface area contributed by atoms with E-state index in [1.54, 1.807) is 24.3 Å². The summed E-state index contributed by atoms with van der Waals surface area (Å²) < 4.78 is 51.6. The van der Waals surface area contributed by atoms with Crippen LogP contribution in [-0.4, -0.2) is 63.9 Å². The summed E-state index contributed by atoms with van der Waals surface area (Å²) in [6.45, 7) is 2.68. The summed E-state index contributed by atoms with van der Waals surface area (Å²) in [6.07, 6.45) is -0.157. The summed E-state index contributed by atoms with van der Waals surface area (Å²) in [5, 5.41) is 0.434. The molecule has 1 fully saturated rings. The molecule has 0 aromatic heterocycles. The zero-order chi connectivity index (χ0) is 21.9. The Bertz CT molecular complexity index is 1110. The van der Waals surface area contributed by atoms with Crippen LogP contribution < -0.4 is 0 Å². The lowest BCUT2D eigenvalue weighted by molar-refractivity contribution is -0.131. The molecule has 0 radical (unpaired) electrons. The van der Waals surface area contributed by atoms with Crippen LogP contribution in [0.25, 0.3) is 0 Å². The highest BCUT2D eigenvalue weighted by Crippen LogP contribution is 2.19. The minimum atomic E-state index is -3.61. The van der Waals surface area contributed by atoms with Crippen LogP contribution in [0.5, 0.6) is 0 Å². The molecule has 162 valence electrons. The molecule has 1 amide bonds. The molecule has 0 spiro atoms. The van der Waals surface area contributed by atoms with Crippen LogP contribution in [0.4, 0.5) is 0 Å². The summed E-state index contributed by atoms with van der Waals surface area (Å²) >= 11 is 5.78. The van der Waals surface area contributed by atoms with Gasteiger partial charge in [0, 0.05) is 37.6 Å². The topological polar surface area (TPSA) is 91.8 Å². The highest BCUT2D eigenvalue weighted by atomic mass is 35.5. The summed E-state index contributed by atoms with van der Waals surface area (Å²) in [5.74, 6) is -0.616. The van der Waals surface area contributed by atoms with Gasteiger partial charge in [-0.15, -0.1) is 0 Å². The first kappa shape index (κ1) is 22.7. The smallest absolute Gasteiger partial charge is 0.243 e. The molecule has 0 unspecified atom stereocenters. The minimum Gasteiger partial charge on any atom is -0.340 e. The number of carbonyl (C=O) groups is 1. The van der Waals surface area contributed by atoms with E-state index in [2.05, 4.69) is 0 Å². The van der Waals surface area contributed by atoms with Gasteiger partial charge in [0.2, 0.25) is 15.9 Å². The Hall–Kier alpha value is -1.94. The van der Waals surface area contributed by atoms with Crippen LogP contribution in [0.1, 0.15) is 12.0 Å². The Morgan fingerprint density at radius 2 is 1.40 bits per heavy atom. The highest BCUT2D eigenvalue weighted by Gasteiger charge is 2.30. The molecule has 0 saturated carbocycles. The summed E-state index contributed by atoms with van der Waals surface area (Å²) in [5.41, 5.74) is 0.970. The fourth-order valence-corrected chi connectivity index (χ4v) is 5.95. The first-order valence-corrected chi connectivity index (χ1v) is 12.9. The molecular formula is C20H23ClN2O5S2. The maximum atomic E-state index is 12.7. The van der Waals surface area contributed by atoms with E-state index in [9.17, 15) is 21.6 Å². The predicted molar refractivity (Wildman–Crippen MR) is 115 cm³/mol. The van der Waals surface area contributed by atoms with Crippen molar-refractivity contribution < 1.29 is 21.6 Å². The van der Waals surface area contributed by atoms with Crippen LogP contribution in [-0.2, 0) is 24.7 Å². The number of halogens is 1. The minimum absolute atomic E-state index is 0.119. The third kappa shape index (κ3) is 5.21. The van der Waals surface area contributed by atoms with E-state index in [1.807, 2.05) is 6.92 Å². The van der Waals surface area contributed by atoms with E-state index in [-0.39, 0.29) is 54.1 Å². The first-order chi connectivity index (χ1) is 14.1. The molecule has 7 nitrogen and oxygen atoms in total. The molecule has 3 rings (SSSR count). The average molecular weight is 471 g/mol. The van der Waals surface area contributed by atoms with E-state index in [0.717, 1.165) is 5.56 Å². The highest BCUT2D eigenvalue weighted by molar-refractivity contribution is 7.91. The van der Waals surface area contributed by atoms with Gasteiger partial charge in [0.05, 0.1) is 15.5 Å². The fraction of sp³-hybridized carbons (Fsp3) is 0.350. The molecule has 1 saturated heterocycles. The molecule has 2 aromatic carbocycles. The third-order valence-electron chi connectivity index (χ3n) is 5.01. The zero-order valence-corrected chi connectivity index (χ0v) is 18.9. The number of sulfonamides is 1. The zero-order valence-electron chi connectivity index (χ0n) is 16.5. The number of piperazine rings is 1. The fourth-order valence-electron chi connectivity index (χ4n) is 3.18. The molecule has 1 aliphatic rings. The molecule has 0 atom stereocenters. The lowest BCUT2D eigenvalue weighted by atomic mass is 10.2. The number of aryl methyl sites for hydroxylation is 1. The van der Waals surface area contributed by atoms with E-state index in [1.165, 1.54) is 33.5 Å². The molecular weight excluding hydrogens is 448 g/mol. The van der Waals surface area contributed by atoms with Crippen molar-refractivity contribution in [2.75, 3.05) is 31.9 Å². The van der Waals surface area contributed by atoms with Gasteiger partial charge in [0.15, 0.2) is 9.84 Å². The third-order valence-corrected chi connectivity index (χ3v) is 8.90. The van der Waals surface area contributed by atoms with Crippen LogP contribution in [0.2, 0.25) is 5.02 Å². The lowest BCUT2D eigenvalue weighted by Crippen LogP contribution is -2.50. The molecule has 0 aliphatic carbocycles. The molecule has 0 bridgehead atoms. The van der Waals surface area contributed by atoms with Gasteiger partial charge in [0.1, 0.15) is 0 Å². The van der Waals surface area contributed by atoms with Gasteiger partial charge in [0.25, 0.3) is 0 Å². The van der Waals surface area contributed by atoms with Crippen molar-refractivity contribution in [2.45, 2.75) is 23.1 Å². The Morgan fingerprint density at radius 3 is 1.97 bits per heavy atom. The van der Waals surface area contributed by atoms with Crippen molar-refractivity contribution in [2.24, 2.45) is 0 Å². The molecule has 0 N–H and O–H groups in total. The van der Waals surface area contributed by atoms with Crippen molar-refractivity contribution >= 4 is 37.4 Å². The van der Waals surface area contributed by atoms with Gasteiger partial charge < -0.3 is 4.90 Å². The number of hydrogen-bond acceptors (Lipinski definition) is 5. The van der Waals surface area contributed by atoms with Crippen molar-refractivity contribution in [1.29, 1.82) is 0 Å². The average Bonchev–Trinajstić information content (AvgIpc) is 2.73. The molecule has 1 heterocycles. The summed E-state index contributed by atoms with van der Waals surface area (Å²) in [4.78, 5) is 14.3. The van der Waals surface area contributed by atoms with Crippen molar-refractivity contribution in [3.05, 3.63) is 59.1 Å². The number of carbonyl (C=O) groups excluding carboxylic acids is 1. The predicted octanol–water partition coefficient (Wildman–Crippen LogP) is 2.35. The van der Waals surface area contributed by atoms with Gasteiger partial charge in [-0.3, -0.25) is 4.79 Å². The van der Waals surface area contributed by atoms with E-state index in [0.29, 0.717) is 5.02 Å². The maximum absolute atomic E-state index is 12.7.